The molecule has 1 spiro atoms. The van der Waals surface area contributed by atoms with Gasteiger partial charge >= 0.3 is 0 Å². The Morgan fingerprint density at radius 2 is 2.00 bits per heavy atom. The summed E-state index contributed by atoms with van der Waals surface area (Å²) in [6.45, 7) is 1.05. The number of hydrogen-bond donors (Lipinski definition) is 0. The van der Waals surface area contributed by atoms with Crippen molar-refractivity contribution in [3.63, 3.8) is 0 Å². The molecule has 2 aliphatic rings. The van der Waals surface area contributed by atoms with E-state index in [9.17, 15) is 10.1 Å². The van der Waals surface area contributed by atoms with Crippen LogP contribution in [0.2, 0.25) is 0 Å². The van der Waals surface area contributed by atoms with Gasteiger partial charge in [-0.15, -0.1) is 5.01 Å². The van der Waals surface area contributed by atoms with Crippen LogP contribution < -0.4 is 0 Å². The van der Waals surface area contributed by atoms with Crippen LogP contribution in [0.25, 0.3) is 0 Å². The van der Waals surface area contributed by atoms with E-state index in [0.29, 0.717) is 13.1 Å². The summed E-state index contributed by atoms with van der Waals surface area (Å²) in [5.74, 6) is 0. The molecule has 0 amide bonds. The zero-order valence-corrected chi connectivity index (χ0v) is 10.1. The normalized spacial score (nSPS) is 20.8. The van der Waals surface area contributed by atoms with Gasteiger partial charge in [-0.1, -0.05) is 18.2 Å². The number of rotatable bonds is 1. The molecule has 5 heteroatoms. The molecule has 1 aromatic carbocycles. The average Bonchev–Trinajstić information content (AvgIpc) is 2.40. The van der Waals surface area contributed by atoms with Crippen LogP contribution >= 0.6 is 0 Å². The van der Waals surface area contributed by atoms with Gasteiger partial charge in [-0.2, -0.15) is 0 Å². The van der Waals surface area contributed by atoms with Crippen LogP contribution in [-0.4, -0.2) is 29.3 Å². The molecular formula is C13H15N3O2. The highest BCUT2D eigenvalue weighted by Gasteiger charge is 2.40. The van der Waals surface area contributed by atoms with Gasteiger partial charge in [0.15, 0.2) is 5.03 Å². The number of fused-ring (bicyclic) bond motifs is 2. The molecule has 1 aromatic rings. The minimum atomic E-state index is -0.282. The number of aliphatic imine (C=N–C) groups is 1. The standard InChI is InChI=1S/C13H15N3O2/c17-16(18)15-9-6-13(7-10-15)5-8-14-12-4-2-1-3-11(12)13/h1-4,8H,5-7,9-10H2. The van der Waals surface area contributed by atoms with Gasteiger partial charge in [0.1, 0.15) is 0 Å². The molecule has 18 heavy (non-hydrogen) atoms. The molecule has 0 atom stereocenters. The third-order valence-corrected chi connectivity index (χ3v) is 4.12. The smallest absolute Gasteiger partial charge is 0.160 e. The van der Waals surface area contributed by atoms with Crippen molar-refractivity contribution >= 4 is 11.9 Å². The van der Waals surface area contributed by atoms with Crippen molar-refractivity contribution in [3.8, 4) is 0 Å². The van der Waals surface area contributed by atoms with Crippen molar-refractivity contribution in [2.75, 3.05) is 13.1 Å². The predicted molar refractivity (Wildman–Crippen MR) is 68.7 cm³/mol. The zero-order valence-electron chi connectivity index (χ0n) is 10.1. The summed E-state index contributed by atoms with van der Waals surface area (Å²) in [6, 6.07) is 8.16. The Bertz CT molecular complexity index is 505. The van der Waals surface area contributed by atoms with E-state index < -0.39 is 0 Å². The van der Waals surface area contributed by atoms with E-state index in [-0.39, 0.29) is 10.4 Å². The third kappa shape index (κ3) is 1.66. The van der Waals surface area contributed by atoms with Crippen LogP contribution in [0.5, 0.6) is 0 Å². The predicted octanol–water partition coefficient (Wildman–Crippen LogP) is 2.32. The first-order valence-electron chi connectivity index (χ1n) is 6.23. The summed E-state index contributed by atoms with van der Waals surface area (Å²) in [4.78, 5) is 15.2. The van der Waals surface area contributed by atoms with E-state index in [2.05, 4.69) is 11.1 Å². The Kier molecular flexibility index (Phi) is 2.54. The molecule has 3 rings (SSSR count). The summed E-state index contributed by atoms with van der Waals surface area (Å²) in [7, 11) is 0. The fourth-order valence-corrected chi connectivity index (χ4v) is 3.02. The molecule has 0 aromatic heterocycles. The van der Waals surface area contributed by atoms with Gasteiger partial charge < -0.3 is 0 Å². The van der Waals surface area contributed by atoms with Gasteiger partial charge in [0.05, 0.1) is 18.8 Å². The molecule has 94 valence electrons. The molecule has 5 nitrogen and oxygen atoms in total. The summed E-state index contributed by atoms with van der Waals surface area (Å²) in [5, 5.41) is 11.8. The van der Waals surface area contributed by atoms with E-state index in [1.54, 1.807) is 0 Å². The van der Waals surface area contributed by atoms with Gasteiger partial charge in [-0.3, -0.25) is 4.99 Å². The number of nitro groups is 1. The van der Waals surface area contributed by atoms with Gasteiger partial charge in [-0.25, -0.2) is 10.1 Å². The van der Waals surface area contributed by atoms with Gasteiger partial charge in [0.25, 0.3) is 0 Å². The quantitative estimate of drug-likeness (QED) is 0.563. The lowest BCUT2D eigenvalue weighted by Crippen LogP contribution is -2.45. The molecule has 2 aliphatic heterocycles. The second kappa shape index (κ2) is 4.08. The molecule has 0 bridgehead atoms. The van der Waals surface area contributed by atoms with Crippen molar-refractivity contribution < 1.29 is 5.03 Å². The lowest BCUT2D eigenvalue weighted by atomic mass is 9.69. The molecule has 0 saturated carbocycles. The maximum atomic E-state index is 10.8. The molecule has 0 N–H and O–H groups in total. The van der Waals surface area contributed by atoms with Crippen LogP contribution in [0.4, 0.5) is 5.69 Å². The van der Waals surface area contributed by atoms with Crippen molar-refractivity contribution in [2.45, 2.75) is 24.7 Å². The lowest BCUT2D eigenvalue weighted by molar-refractivity contribution is -0.658. The van der Waals surface area contributed by atoms with Crippen LogP contribution in [0.15, 0.2) is 29.3 Å². The number of piperidine rings is 1. The van der Waals surface area contributed by atoms with Crippen molar-refractivity contribution in [3.05, 3.63) is 39.9 Å². The minimum Gasteiger partial charge on any atom is -0.261 e. The largest absolute Gasteiger partial charge is 0.261 e. The Morgan fingerprint density at radius 1 is 1.28 bits per heavy atom. The second-order valence-corrected chi connectivity index (χ2v) is 5.00. The number of para-hydroxylation sites is 1. The maximum Gasteiger partial charge on any atom is 0.160 e. The molecule has 2 heterocycles. The Hall–Kier alpha value is -1.91. The maximum absolute atomic E-state index is 10.8. The Balaban J connectivity index is 1.90. The average molecular weight is 245 g/mol. The van der Waals surface area contributed by atoms with Gasteiger partial charge in [0, 0.05) is 11.6 Å². The van der Waals surface area contributed by atoms with Crippen molar-refractivity contribution in [1.82, 2.24) is 5.01 Å². The third-order valence-electron chi connectivity index (χ3n) is 4.12. The highest BCUT2D eigenvalue weighted by atomic mass is 16.7. The first kappa shape index (κ1) is 11.2. The van der Waals surface area contributed by atoms with Crippen LogP contribution in [-0.2, 0) is 5.41 Å². The van der Waals surface area contributed by atoms with Crippen LogP contribution in [0.3, 0.4) is 0 Å². The van der Waals surface area contributed by atoms with Crippen molar-refractivity contribution in [2.24, 2.45) is 4.99 Å². The summed E-state index contributed by atoms with van der Waals surface area (Å²) < 4.78 is 0. The zero-order chi connectivity index (χ0) is 12.6. The summed E-state index contributed by atoms with van der Waals surface area (Å²) in [6.07, 6.45) is 4.52. The number of hydrazine groups is 1. The van der Waals surface area contributed by atoms with E-state index in [1.807, 2.05) is 24.4 Å². The van der Waals surface area contributed by atoms with E-state index >= 15 is 0 Å². The lowest BCUT2D eigenvalue weighted by Gasteiger charge is -2.40. The first-order valence-corrected chi connectivity index (χ1v) is 6.23. The summed E-state index contributed by atoms with van der Waals surface area (Å²) >= 11 is 0. The molecular weight excluding hydrogens is 230 g/mol. The fraction of sp³-hybridized carbons (Fsp3) is 0.462. The minimum absolute atomic E-state index is 0.0604. The number of hydrogen-bond acceptors (Lipinski definition) is 3. The SMILES string of the molecule is O=[N+]([O-])N1CCC2(CC=Nc3ccccc32)CC1. The Labute approximate surface area is 105 Å². The van der Waals surface area contributed by atoms with E-state index in [1.165, 1.54) is 10.6 Å². The van der Waals surface area contributed by atoms with Crippen LogP contribution in [0, 0.1) is 10.1 Å². The van der Waals surface area contributed by atoms with Gasteiger partial charge in [0.2, 0.25) is 0 Å². The number of nitrogens with zero attached hydrogens (tertiary/aromatic N) is 3. The monoisotopic (exact) mass is 245 g/mol. The van der Waals surface area contributed by atoms with Gasteiger partial charge in [-0.05, 0) is 30.9 Å². The molecule has 0 unspecified atom stereocenters. The second-order valence-electron chi connectivity index (χ2n) is 5.00. The first-order chi connectivity index (χ1) is 8.71. The molecule has 1 saturated heterocycles. The van der Waals surface area contributed by atoms with E-state index in [4.69, 9.17) is 0 Å². The Morgan fingerprint density at radius 3 is 2.72 bits per heavy atom. The molecule has 1 fully saturated rings. The van der Waals surface area contributed by atoms with Crippen LogP contribution in [0.1, 0.15) is 24.8 Å². The topological polar surface area (TPSA) is 58.7 Å². The molecule has 0 radical (unpaired) electrons. The highest BCUT2D eigenvalue weighted by molar-refractivity contribution is 5.72. The molecule has 0 aliphatic carbocycles. The summed E-state index contributed by atoms with van der Waals surface area (Å²) in [5.41, 5.74) is 2.35. The number of benzene rings is 1. The van der Waals surface area contributed by atoms with Crippen molar-refractivity contribution in [1.29, 1.82) is 0 Å². The van der Waals surface area contributed by atoms with E-state index in [0.717, 1.165) is 24.9 Å². The highest BCUT2D eigenvalue weighted by Crippen LogP contribution is 2.44. The fourth-order valence-electron chi connectivity index (χ4n) is 3.02.